The minimum absolute atomic E-state index is 0.351. The van der Waals surface area contributed by atoms with Crippen LogP contribution < -0.4 is 10.2 Å². The molecule has 0 aliphatic carbocycles. The fourth-order valence-corrected chi connectivity index (χ4v) is 1.90. The van der Waals surface area contributed by atoms with Crippen molar-refractivity contribution in [1.82, 2.24) is 0 Å². The molecule has 15 heavy (non-hydrogen) atoms. The van der Waals surface area contributed by atoms with E-state index in [1.807, 2.05) is 39.0 Å². The van der Waals surface area contributed by atoms with Crippen LogP contribution in [0.4, 0.5) is 0 Å². The lowest BCUT2D eigenvalue weighted by molar-refractivity contribution is 0.416. The molecular weight excluding hydrogens is 187 g/mol. The zero-order valence-corrected chi connectivity index (χ0v) is 9.16. The summed E-state index contributed by atoms with van der Waals surface area (Å²) in [6, 6.07) is 7.72. The molecule has 2 rings (SSSR count). The molecule has 0 fully saturated rings. The number of aromatic hydroxyl groups is 1. The zero-order chi connectivity index (χ0) is 11.0. The first kappa shape index (κ1) is 9.90. The van der Waals surface area contributed by atoms with Gasteiger partial charge in [0.2, 0.25) is 0 Å². The van der Waals surface area contributed by atoms with Crippen molar-refractivity contribution in [3.63, 3.8) is 0 Å². The first-order valence-electron chi connectivity index (χ1n) is 4.91. The Balaban J connectivity index is 2.98. The third-order valence-electron chi connectivity index (χ3n) is 2.89. The van der Waals surface area contributed by atoms with E-state index in [9.17, 15) is 5.11 Å². The van der Waals surface area contributed by atoms with E-state index >= 15 is 0 Å². The molecule has 0 atom stereocenters. The van der Waals surface area contributed by atoms with Crippen LogP contribution in [0.25, 0.3) is 10.8 Å². The van der Waals surface area contributed by atoms with Crippen molar-refractivity contribution < 1.29 is 9.84 Å². The van der Waals surface area contributed by atoms with Crippen LogP contribution in [-0.4, -0.2) is 20.1 Å². The Labute approximate surface area is 89.9 Å². The van der Waals surface area contributed by atoms with Crippen molar-refractivity contribution in [3.8, 4) is 11.5 Å². The molecule has 0 spiro atoms. The minimum Gasteiger partial charge on any atom is -0.508 e. The lowest BCUT2D eigenvalue weighted by Crippen LogP contribution is -2.10. The molecule has 0 radical (unpaired) electrons. The molecule has 2 aromatic rings. The molecule has 0 aromatic heterocycles. The lowest BCUT2D eigenvalue weighted by Gasteiger charge is -2.14. The summed E-state index contributed by atoms with van der Waals surface area (Å²) in [5, 5.41) is 11.8. The second-order valence-corrected chi connectivity index (χ2v) is 3.68. The average molecular weight is 200 g/mol. The highest BCUT2D eigenvalue weighted by molar-refractivity contribution is 6.37. The van der Waals surface area contributed by atoms with Gasteiger partial charge >= 0.3 is 0 Å². The van der Waals surface area contributed by atoms with E-state index < -0.39 is 0 Å². The van der Waals surface area contributed by atoms with E-state index in [4.69, 9.17) is 4.74 Å². The summed E-state index contributed by atoms with van der Waals surface area (Å²) >= 11 is 0. The van der Waals surface area contributed by atoms with Gasteiger partial charge in [-0.1, -0.05) is 24.3 Å². The van der Waals surface area contributed by atoms with Crippen LogP contribution in [0.2, 0.25) is 0 Å². The minimum atomic E-state index is 0.351. The highest BCUT2D eigenvalue weighted by Crippen LogP contribution is 2.33. The van der Waals surface area contributed by atoms with E-state index in [-0.39, 0.29) is 0 Å². The maximum Gasteiger partial charge on any atom is 0.144 e. The largest absolute Gasteiger partial charge is 0.508 e. The second kappa shape index (κ2) is 3.50. The summed E-state index contributed by atoms with van der Waals surface area (Å²) < 4.78 is 5.38. The molecule has 0 aliphatic heterocycles. The molecule has 0 heterocycles. The van der Waals surface area contributed by atoms with Gasteiger partial charge < -0.3 is 9.84 Å². The normalized spacial score (nSPS) is 10.5. The predicted molar refractivity (Wildman–Crippen MR) is 65.1 cm³/mol. The molecular formula is C12H13BO2. The number of rotatable bonds is 1. The smallest absolute Gasteiger partial charge is 0.144 e. The average Bonchev–Trinajstić information content (AvgIpc) is 2.27. The van der Waals surface area contributed by atoms with Crippen LogP contribution in [0.1, 0.15) is 5.56 Å². The molecule has 2 nitrogen and oxygen atoms in total. The van der Waals surface area contributed by atoms with Gasteiger partial charge in [0.1, 0.15) is 19.3 Å². The molecule has 0 saturated heterocycles. The number of ether oxygens (including phenoxy) is 1. The molecule has 0 amide bonds. The van der Waals surface area contributed by atoms with Gasteiger partial charge in [-0.15, -0.1) is 0 Å². The molecule has 0 aliphatic rings. The van der Waals surface area contributed by atoms with E-state index in [1.165, 1.54) is 0 Å². The Morgan fingerprint density at radius 3 is 2.40 bits per heavy atom. The number of benzene rings is 2. The van der Waals surface area contributed by atoms with Gasteiger partial charge in [0.25, 0.3) is 0 Å². The number of hydrogen-bond donors (Lipinski definition) is 1. The third-order valence-corrected chi connectivity index (χ3v) is 2.89. The number of phenols is 1. The SMILES string of the molecule is Bc1c(C)c(OC)c2ccccc2c1O. The van der Waals surface area contributed by atoms with E-state index in [1.54, 1.807) is 7.11 Å². The van der Waals surface area contributed by atoms with Crippen LogP contribution in [-0.2, 0) is 0 Å². The molecule has 1 N–H and O–H groups in total. The first-order valence-corrected chi connectivity index (χ1v) is 4.91. The van der Waals surface area contributed by atoms with Gasteiger partial charge in [0, 0.05) is 10.8 Å². The van der Waals surface area contributed by atoms with Crippen LogP contribution in [0.3, 0.4) is 0 Å². The van der Waals surface area contributed by atoms with Crippen LogP contribution in [0.15, 0.2) is 24.3 Å². The standard InChI is InChI=1S/C12H13BO2/c1-7-10(13)11(14)8-5-3-4-6-9(8)12(7)15-2/h3-6,14H,13H2,1-2H3. The second-order valence-electron chi connectivity index (χ2n) is 3.68. The first-order chi connectivity index (χ1) is 7.16. The van der Waals surface area contributed by atoms with Gasteiger partial charge in [-0.05, 0) is 17.9 Å². The van der Waals surface area contributed by atoms with Crippen molar-refractivity contribution in [2.24, 2.45) is 0 Å². The fraction of sp³-hybridized carbons (Fsp3) is 0.167. The summed E-state index contributed by atoms with van der Waals surface area (Å²) in [6.45, 7) is 1.96. The maximum atomic E-state index is 10.0. The Bertz CT molecular complexity index is 521. The molecule has 0 bridgehead atoms. The van der Waals surface area contributed by atoms with Gasteiger partial charge in [-0.3, -0.25) is 0 Å². The Kier molecular flexibility index (Phi) is 2.31. The highest BCUT2D eigenvalue weighted by Gasteiger charge is 2.12. The van der Waals surface area contributed by atoms with Crippen molar-refractivity contribution >= 4 is 24.1 Å². The highest BCUT2D eigenvalue weighted by atomic mass is 16.5. The van der Waals surface area contributed by atoms with Gasteiger partial charge in [0.15, 0.2) is 0 Å². The number of phenolic OH excluding ortho intramolecular Hbond substituents is 1. The van der Waals surface area contributed by atoms with E-state index in [2.05, 4.69) is 0 Å². The van der Waals surface area contributed by atoms with E-state index in [0.717, 1.165) is 27.5 Å². The van der Waals surface area contributed by atoms with Crippen molar-refractivity contribution in [2.75, 3.05) is 7.11 Å². The van der Waals surface area contributed by atoms with Crippen LogP contribution in [0, 0.1) is 6.92 Å². The molecule has 76 valence electrons. The fourth-order valence-electron chi connectivity index (χ4n) is 1.90. The molecule has 3 heteroatoms. The van der Waals surface area contributed by atoms with Gasteiger partial charge in [0.05, 0.1) is 7.11 Å². The quantitative estimate of drug-likeness (QED) is 0.699. The topological polar surface area (TPSA) is 29.5 Å². The third kappa shape index (κ3) is 1.35. The Hall–Kier alpha value is -1.64. The van der Waals surface area contributed by atoms with Crippen molar-refractivity contribution in [2.45, 2.75) is 6.92 Å². The van der Waals surface area contributed by atoms with Crippen LogP contribution >= 0.6 is 0 Å². The summed E-state index contributed by atoms with van der Waals surface area (Å²) in [7, 11) is 3.56. The Morgan fingerprint density at radius 2 is 1.80 bits per heavy atom. The number of hydrogen-bond acceptors (Lipinski definition) is 2. The Morgan fingerprint density at radius 1 is 1.20 bits per heavy atom. The summed E-state index contributed by atoms with van der Waals surface area (Å²) in [5.74, 6) is 1.20. The van der Waals surface area contributed by atoms with Crippen molar-refractivity contribution in [1.29, 1.82) is 0 Å². The zero-order valence-electron chi connectivity index (χ0n) is 9.16. The van der Waals surface area contributed by atoms with Crippen molar-refractivity contribution in [3.05, 3.63) is 29.8 Å². The molecule has 0 saturated carbocycles. The van der Waals surface area contributed by atoms with Crippen LogP contribution in [0.5, 0.6) is 11.5 Å². The summed E-state index contributed by atoms with van der Waals surface area (Å²) in [6.07, 6.45) is 0. The lowest BCUT2D eigenvalue weighted by atomic mass is 9.86. The summed E-state index contributed by atoms with van der Waals surface area (Å²) in [4.78, 5) is 0. The molecule has 2 aromatic carbocycles. The monoisotopic (exact) mass is 200 g/mol. The number of fused-ring (bicyclic) bond motifs is 1. The predicted octanol–water partition coefficient (Wildman–Crippen LogP) is 1.12. The van der Waals surface area contributed by atoms with E-state index in [0.29, 0.717) is 5.75 Å². The summed E-state index contributed by atoms with van der Waals surface area (Å²) in [5.41, 5.74) is 1.87. The number of methoxy groups -OCH3 is 1. The molecule has 0 unspecified atom stereocenters. The van der Waals surface area contributed by atoms with Gasteiger partial charge in [-0.25, -0.2) is 0 Å². The van der Waals surface area contributed by atoms with Gasteiger partial charge in [-0.2, -0.15) is 0 Å². The maximum absolute atomic E-state index is 10.0.